The molecule has 2 aromatic rings. The van der Waals surface area contributed by atoms with Crippen LogP contribution in [0.25, 0.3) is 11.3 Å². The van der Waals surface area contributed by atoms with Crippen LogP contribution in [0.2, 0.25) is 0 Å². The van der Waals surface area contributed by atoms with Crippen LogP contribution in [-0.4, -0.2) is 4.98 Å². The molecule has 0 bridgehead atoms. The maximum Gasteiger partial charge on any atom is 0.417 e. The molecule has 0 aliphatic heterocycles. The largest absolute Gasteiger partial charge is 0.417 e. The SMILES string of the molecule is CCCc1nc(-c2ccccc2C(F)(F)F)c(N)s1. The molecular weight excluding hydrogens is 273 g/mol. The fraction of sp³-hybridized carbons (Fsp3) is 0.308. The molecule has 0 spiro atoms. The number of anilines is 1. The molecule has 19 heavy (non-hydrogen) atoms. The summed E-state index contributed by atoms with van der Waals surface area (Å²) in [7, 11) is 0. The first-order valence-corrected chi connectivity index (χ1v) is 6.67. The van der Waals surface area contributed by atoms with Crippen molar-refractivity contribution in [1.29, 1.82) is 0 Å². The zero-order valence-corrected chi connectivity index (χ0v) is 11.1. The summed E-state index contributed by atoms with van der Waals surface area (Å²) in [6, 6.07) is 5.38. The quantitative estimate of drug-likeness (QED) is 0.910. The summed E-state index contributed by atoms with van der Waals surface area (Å²) in [5.74, 6) is 0. The second-order valence-corrected chi connectivity index (χ2v) is 5.23. The van der Waals surface area contributed by atoms with E-state index < -0.39 is 11.7 Å². The van der Waals surface area contributed by atoms with E-state index in [9.17, 15) is 13.2 Å². The van der Waals surface area contributed by atoms with Crippen LogP contribution in [0.3, 0.4) is 0 Å². The summed E-state index contributed by atoms with van der Waals surface area (Å²) in [5, 5.41) is 1.10. The van der Waals surface area contributed by atoms with E-state index in [1.54, 1.807) is 6.07 Å². The molecule has 102 valence electrons. The highest BCUT2D eigenvalue weighted by atomic mass is 32.1. The lowest BCUT2D eigenvalue weighted by Gasteiger charge is -2.11. The van der Waals surface area contributed by atoms with Gasteiger partial charge in [0.1, 0.15) is 10.7 Å². The van der Waals surface area contributed by atoms with Crippen LogP contribution in [0.4, 0.5) is 18.2 Å². The molecule has 0 atom stereocenters. The van der Waals surface area contributed by atoms with Crippen LogP contribution in [0.15, 0.2) is 24.3 Å². The number of benzene rings is 1. The van der Waals surface area contributed by atoms with Crippen LogP contribution in [0.5, 0.6) is 0 Å². The van der Waals surface area contributed by atoms with Gasteiger partial charge in [0, 0.05) is 5.56 Å². The van der Waals surface area contributed by atoms with Crippen LogP contribution in [0, 0.1) is 0 Å². The van der Waals surface area contributed by atoms with Gasteiger partial charge in [0.25, 0.3) is 0 Å². The number of halogens is 3. The Labute approximate surface area is 113 Å². The molecular formula is C13H13F3N2S. The molecule has 0 saturated carbocycles. The maximum absolute atomic E-state index is 13.0. The number of nitrogens with two attached hydrogens (primary N) is 1. The summed E-state index contributed by atoms with van der Waals surface area (Å²) in [6.45, 7) is 1.99. The van der Waals surface area contributed by atoms with Crippen molar-refractivity contribution in [2.45, 2.75) is 25.9 Å². The molecule has 0 amide bonds. The standard InChI is InChI=1S/C13H13F3N2S/c1-2-5-10-18-11(12(17)19-10)8-6-3-4-7-9(8)13(14,15)16/h3-4,6-7H,2,5,17H2,1H3. The van der Waals surface area contributed by atoms with Crippen LogP contribution in [0.1, 0.15) is 23.9 Å². The van der Waals surface area contributed by atoms with Crippen LogP contribution in [-0.2, 0) is 12.6 Å². The van der Waals surface area contributed by atoms with Gasteiger partial charge in [0.2, 0.25) is 0 Å². The van der Waals surface area contributed by atoms with Crippen LogP contribution < -0.4 is 5.73 Å². The highest BCUT2D eigenvalue weighted by molar-refractivity contribution is 7.16. The number of rotatable bonds is 3. The number of hydrogen-bond donors (Lipinski definition) is 1. The number of nitrogen functional groups attached to an aromatic ring is 1. The van der Waals surface area contributed by atoms with Gasteiger partial charge < -0.3 is 5.73 Å². The summed E-state index contributed by atoms with van der Waals surface area (Å²) in [4.78, 5) is 4.24. The second-order valence-electron chi connectivity index (χ2n) is 4.11. The van der Waals surface area contributed by atoms with Crippen molar-refractivity contribution in [3.63, 3.8) is 0 Å². The number of aryl methyl sites for hydroxylation is 1. The van der Waals surface area contributed by atoms with Crippen molar-refractivity contribution < 1.29 is 13.2 Å². The molecule has 0 aliphatic carbocycles. The Morgan fingerprint density at radius 3 is 2.58 bits per heavy atom. The van der Waals surface area contributed by atoms with E-state index >= 15 is 0 Å². The molecule has 0 fully saturated rings. The molecule has 2 rings (SSSR count). The van der Waals surface area contributed by atoms with Gasteiger partial charge in [-0.25, -0.2) is 4.98 Å². The predicted octanol–water partition coefficient (Wildman–Crippen LogP) is 4.36. The first-order chi connectivity index (χ1) is 8.93. The third-order valence-corrected chi connectivity index (χ3v) is 3.59. The maximum atomic E-state index is 13.0. The molecule has 1 heterocycles. The van der Waals surface area contributed by atoms with E-state index in [1.807, 2.05) is 6.92 Å². The average Bonchev–Trinajstić information content (AvgIpc) is 2.70. The predicted molar refractivity (Wildman–Crippen MR) is 71.0 cm³/mol. The normalized spacial score (nSPS) is 11.8. The van der Waals surface area contributed by atoms with Crippen LogP contribution >= 0.6 is 11.3 Å². The zero-order valence-electron chi connectivity index (χ0n) is 10.3. The third kappa shape index (κ3) is 2.89. The van der Waals surface area contributed by atoms with E-state index in [4.69, 9.17) is 5.73 Å². The Bertz CT molecular complexity index is 576. The number of thiazole rings is 1. The van der Waals surface area contributed by atoms with Gasteiger partial charge in [0.15, 0.2) is 0 Å². The van der Waals surface area contributed by atoms with E-state index in [-0.39, 0.29) is 11.3 Å². The minimum Gasteiger partial charge on any atom is -0.389 e. The van der Waals surface area contributed by atoms with Gasteiger partial charge in [-0.3, -0.25) is 0 Å². The number of aromatic nitrogens is 1. The summed E-state index contributed by atoms with van der Waals surface area (Å²) in [6.07, 6.45) is -2.80. The molecule has 0 saturated heterocycles. The minimum absolute atomic E-state index is 0.0473. The molecule has 1 aromatic carbocycles. The molecule has 2 N–H and O–H groups in total. The van der Waals surface area contributed by atoms with Crippen molar-refractivity contribution in [2.75, 3.05) is 5.73 Å². The molecule has 1 aromatic heterocycles. The topological polar surface area (TPSA) is 38.9 Å². The van der Waals surface area contributed by atoms with E-state index in [0.29, 0.717) is 5.00 Å². The number of alkyl halides is 3. The van der Waals surface area contributed by atoms with Crippen molar-refractivity contribution >= 4 is 16.3 Å². The zero-order chi connectivity index (χ0) is 14.0. The fourth-order valence-corrected chi connectivity index (χ4v) is 2.78. The highest BCUT2D eigenvalue weighted by Gasteiger charge is 2.34. The Morgan fingerprint density at radius 1 is 1.26 bits per heavy atom. The van der Waals surface area contributed by atoms with E-state index in [1.165, 1.54) is 23.5 Å². The Kier molecular flexibility index (Phi) is 3.80. The van der Waals surface area contributed by atoms with Gasteiger partial charge >= 0.3 is 6.18 Å². The number of nitrogens with zero attached hydrogens (tertiary/aromatic N) is 1. The van der Waals surface area contributed by atoms with E-state index in [0.717, 1.165) is 23.9 Å². The van der Waals surface area contributed by atoms with Gasteiger partial charge in [-0.2, -0.15) is 13.2 Å². The lowest BCUT2D eigenvalue weighted by atomic mass is 10.0. The minimum atomic E-state index is -4.41. The molecule has 0 radical (unpaired) electrons. The smallest absolute Gasteiger partial charge is 0.389 e. The summed E-state index contributed by atoms with van der Waals surface area (Å²) >= 11 is 1.25. The van der Waals surface area contributed by atoms with Crippen molar-refractivity contribution in [3.05, 3.63) is 34.8 Å². The molecule has 0 aliphatic rings. The Balaban J connectivity index is 2.53. The monoisotopic (exact) mass is 286 g/mol. The molecule has 6 heteroatoms. The Hall–Kier alpha value is -1.56. The van der Waals surface area contributed by atoms with Crippen molar-refractivity contribution in [2.24, 2.45) is 0 Å². The van der Waals surface area contributed by atoms with Crippen molar-refractivity contribution in [3.8, 4) is 11.3 Å². The highest BCUT2D eigenvalue weighted by Crippen LogP contribution is 2.40. The average molecular weight is 286 g/mol. The lowest BCUT2D eigenvalue weighted by Crippen LogP contribution is -2.07. The third-order valence-electron chi connectivity index (χ3n) is 2.65. The van der Waals surface area contributed by atoms with Gasteiger partial charge in [-0.15, -0.1) is 11.3 Å². The fourth-order valence-electron chi connectivity index (χ4n) is 1.83. The van der Waals surface area contributed by atoms with Crippen molar-refractivity contribution in [1.82, 2.24) is 4.98 Å². The second kappa shape index (κ2) is 5.21. The van der Waals surface area contributed by atoms with E-state index in [2.05, 4.69) is 4.98 Å². The molecule has 2 nitrogen and oxygen atoms in total. The lowest BCUT2D eigenvalue weighted by molar-refractivity contribution is -0.137. The summed E-state index contributed by atoms with van der Waals surface area (Å²) < 4.78 is 38.9. The van der Waals surface area contributed by atoms with Gasteiger partial charge in [-0.1, -0.05) is 25.1 Å². The molecule has 0 unspecified atom stereocenters. The first kappa shape index (κ1) is 13.9. The Morgan fingerprint density at radius 2 is 1.95 bits per heavy atom. The number of hydrogen-bond acceptors (Lipinski definition) is 3. The first-order valence-electron chi connectivity index (χ1n) is 5.85. The van der Waals surface area contributed by atoms with Gasteiger partial charge in [-0.05, 0) is 18.9 Å². The van der Waals surface area contributed by atoms with Gasteiger partial charge in [0.05, 0.1) is 10.6 Å². The summed E-state index contributed by atoms with van der Waals surface area (Å²) in [5.41, 5.74) is 5.39.